The summed E-state index contributed by atoms with van der Waals surface area (Å²) >= 11 is 6.23. The summed E-state index contributed by atoms with van der Waals surface area (Å²) in [5.74, 6) is 1.00. The molecule has 0 bridgehead atoms. The van der Waals surface area contributed by atoms with Crippen molar-refractivity contribution >= 4 is 33.4 Å². The molecule has 1 aromatic carbocycles. The average Bonchev–Trinajstić information content (AvgIpc) is 2.78. The molecule has 0 spiro atoms. The minimum absolute atomic E-state index is 0.0267. The lowest BCUT2D eigenvalue weighted by atomic mass is 10.1. The van der Waals surface area contributed by atoms with Crippen LogP contribution in [0.4, 0.5) is 0 Å². The number of hydrogen-bond donors (Lipinski definition) is 0. The number of likely N-dealkylation sites (N-methyl/N-ethyl adjacent to an activating group) is 1. The number of hydrogen-bond acceptors (Lipinski definition) is 5. The standard InChI is InChI=1S/C17H20ClNO5S/c1-19(13-5-8-25(21,22)11-13)16(20)4-3-12-9-14(18)17-15(10-12)23-6-2-7-24-17/h3-4,9-10,13H,2,5-8,11H2,1H3/b4-3+/t13-/m0/s1. The van der Waals surface area contributed by atoms with E-state index in [1.807, 2.05) is 0 Å². The molecule has 1 atom stereocenters. The van der Waals surface area contributed by atoms with Crippen LogP contribution in [0.25, 0.3) is 6.08 Å². The molecule has 0 unspecified atom stereocenters. The first kappa shape index (κ1) is 18.1. The SMILES string of the molecule is CN(C(=O)/C=C/c1cc(Cl)c2c(c1)OCCCO2)[C@H]1CCS(=O)(=O)C1. The Morgan fingerprint density at radius 1 is 1.32 bits per heavy atom. The molecule has 3 rings (SSSR count). The highest BCUT2D eigenvalue weighted by atomic mass is 35.5. The van der Waals surface area contributed by atoms with Gasteiger partial charge < -0.3 is 14.4 Å². The number of fused-ring (bicyclic) bond motifs is 1. The van der Waals surface area contributed by atoms with E-state index in [0.29, 0.717) is 36.2 Å². The van der Waals surface area contributed by atoms with Gasteiger partial charge in [-0.2, -0.15) is 0 Å². The molecular formula is C17H20ClNO5S. The molecule has 136 valence electrons. The van der Waals surface area contributed by atoms with Gasteiger partial charge in [-0.3, -0.25) is 4.79 Å². The Morgan fingerprint density at radius 2 is 2.08 bits per heavy atom. The number of carbonyl (C=O) groups excluding carboxylic acids is 1. The van der Waals surface area contributed by atoms with Crippen molar-refractivity contribution in [3.8, 4) is 11.5 Å². The third-order valence-corrected chi connectivity index (χ3v) is 6.38. The summed E-state index contributed by atoms with van der Waals surface area (Å²) in [5, 5.41) is 0.432. The number of amides is 1. The molecule has 1 fully saturated rings. The fraction of sp³-hybridized carbons (Fsp3) is 0.471. The first-order valence-electron chi connectivity index (χ1n) is 8.10. The highest BCUT2D eigenvalue weighted by Gasteiger charge is 2.32. The molecular weight excluding hydrogens is 366 g/mol. The minimum Gasteiger partial charge on any atom is -0.489 e. The van der Waals surface area contributed by atoms with E-state index in [-0.39, 0.29) is 23.5 Å². The van der Waals surface area contributed by atoms with Crippen LogP contribution in [-0.2, 0) is 14.6 Å². The number of sulfone groups is 1. The van der Waals surface area contributed by atoms with Gasteiger partial charge in [0, 0.05) is 25.6 Å². The van der Waals surface area contributed by atoms with Crippen LogP contribution >= 0.6 is 11.6 Å². The van der Waals surface area contributed by atoms with Gasteiger partial charge in [-0.15, -0.1) is 0 Å². The van der Waals surface area contributed by atoms with Crippen molar-refractivity contribution < 1.29 is 22.7 Å². The van der Waals surface area contributed by atoms with Gasteiger partial charge in [-0.05, 0) is 30.2 Å². The molecule has 8 heteroatoms. The van der Waals surface area contributed by atoms with Crippen molar-refractivity contribution in [1.29, 1.82) is 0 Å². The van der Waals surface area contributed by atoms with Crippen molar-refractivity contribution in [2.45, 2.75) is 18.9 Å². The highest BCUT2D eigenvalue weighted by molar-refractivity contribution is 7.91. The van der Waals surface area contributed by atoms with Gasteiger partial charge in [0.25, 0.3) is 0 Å². The molecule has 2 aliphatic heterocycles. The fourth-order valence-electron chi connectivity index (χ4n) is 2.89. The highest BCUT2D eigenvalue weighted by Crippen LogP contribution is 2.38. The lowest BCUT2D eigenvalue weighted by molar-refractivity contribution is -0.126. The molecule has 0 aromatic heterocycles. The Labute approximate surface area is 152 Å². The Bertz CT molecular complexity index is 806. The summed E-state index contributed by atoms with van der Waals surface area (Å²) in [5.41, 5.74) is 0.718. The summed E-state index contributed by atoms with van der Waals surface area (Å²) in [4.78, 5) is 13.8. The molecule has 1 saturated heterocycles. The van der Waals surface area contributed by atoms with Crippen LogP contribution in [-0.4, -0.2) is 57.0 Å². The maximum Gasteiger partial charge on any atom is 0.246 e. The van der Waals surface area contributed by atoms with Crippen LogP contribution in [0.15, 0.2) is 18.2 Å². The Morgan fingerprint density at radius 3 is 2.80 bits per heavy atom. The molecule has 0 radical (unpaired) electrons. The smallest absolute Gasteiger partial charge is 0.246 e. The van der Waals surface area contributed by atoms with E-state index in [1.165, 1.54) is 11.0 Å². The quantitative estimate of drug-likeness (QED) is 0.745. The second-order valence-corrected chi connectivity index (χ2v) is 8.86. The summed E-state index contributed by atoms with van der Waals surface area (Å²) in [7, 11) is -1.40. The van der Waals surface area contributed by atoms with Crippen LogP contribution in [0.5, 0.6) is 11.5 Å². The number of halogens is 1. The zero-order chi connectivity index (χ0) is 18.0. The van der Waals surface area contributed by atoms with Gasteiger partial charge in [-0.1, -0.05) is 11.6 Å². The zero-order valence-corrected chi connectivity index (χ0v) is 15.5. The van der Waals surface area contributed by atoms with Crippen molar-refractivity contribution in [2.24, 2.45) is 0 Å². The van der Waals surface area contributed by atoms with Gasteiger partial charge >= 0.3 is 0 Å². The van der Waals surface area contributed by atoms with Crippen LogP contribution < -0.4 is 9.47 Å². The van der Waals surface area contributed by atoms with Gasteiger partial charge in [-0.25, -0.2) is 8.42 Å². The molecule has 0 aliphatic carbocycles. The van der Waals surface area contributed by atoms with Crippen LogP contribution in [0.1, 0.15) is 18.4 Å². The van der Waals surface area contributed by atoms with Crippen LogP contribution in [0.3, 0.4) is 0 Å². The van der Waals surface area contributed by atoms with E-state index in [4.69, 9.17) is 21.1 Å². The number of ether oxygens (including phenoxy) is 2. The number of rotatable bonds is 3. The summed E-state index contributed by atoms with van der Waals surface area (Å²) in [6.45, 7) is 1.10. The average molecular weight is 386 g/mol. The molecule has 0 N–H and O–H groups in total. The maximum atomic E-state index is 12.3. The third-order valence-electron chi connectivity index (χ3n) is 4.35. The molecule has 1 aromatic rings. The molecule has 0 saturated carbocycles. The van der Waals surface area contributed by atoms with E-state index >= 15 is 0 Å². The largest absolute Gasteiger partial charge is 0.489 e. The van der Waals surface area contributed by atoms with Crippen molar-refractivity contribution in [3.05, 3.63) is 28.8 Å². The number of benzene rings is 1. The third kappa shape index (κ3) is 4.27. The predicted molar refractivity (Wildman–Crippen MR) is 95.9 cm³/mol. The Balaban J connectivity index is 1.72. The lowest BCUT2D eigenvalue weighted by Crippen LogP contribution is -2.36. The second-order valence-electron chi connectivity index (χ2n) is 6.22. The van der Waals surface area contributed by atoms with Crippen molar-refractivity contribution in [1.82, 2.24) is 4.90 Å². The minimum atomic E-state index is -3.03. The monoisotopic (exact) mass is 385 g/mol. The van der Waals surface area contributed by atoms with E-state index in [9.17, 15) is 13.2 Å². The fourth-order valence-corrected chi connectivity index (χ4v) is 4.94. The molecule has 25 heavy (non-hydrogen) atoms. The lowest BCUT2D eigenvalue weighted by Gasteiger charge is -2.21. The van der Waals surface area contributed by atoms with Crippen molar-refractivity contribution in [3.63, 3.8) is 0 Å². The molecule has 6 nitrogen and oxygen atoms in total. The van der Waals surface area contributed by atoms with Gasteiger partial charge in [0.1, 0.15) is 0 Å². The zero-order valence-electron chi connectivity index (χ0n) is 13.9. The van der Waals surface area contributed by atoms with Crippen LogP contribution in [0, 0.1) is 0 Å². The van der Waals surface area contributed by atoms with Gasteiger partial charge in [0.15, 0.2) is 21.3 Å². The van der Waals surface area contributed by atoms with Gasteiger partial charge in [0.05, 0.1) is 29.7 Å². The topological polar surface area (TPSA) is 72.9 Å². The second kappa shape index (κ2) is 7.25. The first-order chi connectivity index (χ1) is 11.9. The summed E-state index contributed by atoms with van der Waals surface area (Å²) in [6, 6.07) is 3.21. The number of nitrogens with zero attached hydrogens (tertiary/aromatic N) is 1. The van der Waals surface area contributed by atoms with E-state index in [1.54, 1.807) is 25.3 Å². The predicted octanol–water partition coefficient (Wildman–Crippen LogP) is 2.16. The van der Waals surface area contributed by atoms with E-state index in [0.717, 1.165) is 12.0 Å². The van der Waals surface area contributed by atoms with E-state index in [2.05, 4.69) is 0 Å². The maximum absolute atomic E-state index is 12.3. The van der Waals surface area contributed by atoms with Crippen LogP contribution in [0.2, 0.25) is 5.02 Å². The Kier molecular flexibility index (Phi) is 5.24. The Hall–Kier alpha value is -1.73. The number of carbonyl (C=O) groups is 1. The molecule has 2 heterocycles. The summed E-state index contributed by atoms with van der Waals surface area (Å²) < 4.78 is 34.3. The molecule has 2 aliphatic rings. The summed E-state index contributed by atoms with van der Waals surface area (Å²) in [6.07, 6.45) is 4.32. The molecule has 1 amide bonds. The van der Waals surface area contributed by atoms with Crippen molar-refractivity contribution in [2.75, 3.05) is 31.8 Å². The first-order valence-corrected chi connectivity index (χ1v) is 10.3. The van der Waals surface area contributed by atoms with Gasteiger partial charge in [0.2, 0.25) is 5.91 Å². The van der Waals surface area contributed by atoms with E-state index < -0.39 is 9.84 Å². The normalized spacial score (nSPS) is 21.9.